The van der Waals surface area contributed by atoms with Crippen LogP contribution in [0.5, 0.6) is 0 Å². The lowest BCUT2D eigenvalue weighted by molar-refractivity contribution is -0.138. The van der Waals surface area contributed by atoms with Crippen molar-refractivity contribution >= 4 is 5.97 Å². The van der Waals surface area contributed by atoms with Gasteiger partial charge in [0.15, 0.2) is 0 Å². The average molecular weight is 238 g/mol. The van der Waals surface area contributed by atoms with Crippen LogP contribution in [0.15, 0.2) is 4.52 Å². The van der Waals surface area contributed by atoms with Crippen molar-refractivity contribution in [1.29, 1.82) is 0 Å². The van der Waals surface area contributed by atoms with Crippen molar-refractivity contribution in [1.82, 2.24) is 10.1 Å². The average Bonchev–Trinajstić information content (AvgIpc) is 2.83. The van der Waals surface area contributed by atoms with E-state index >= 15 is 0 Å². The number of aliphatic carboxylic acids is 1. The second-order valence-electron chi connectivity index (χ2n) is 4.47. The van der Waals surface area contributed by atoms with E-state index in [0.717, 1.165) is 42.8 Å². The molecule has 1 atom stereocenters. The van der Waals surface area contributed by atoms with Crippen molar-refractivity contribution in [3.8, 4) is 0 Å². The molecule has 1 fully saturated rings. The Kier molecular flexibility index (Phi) is 3.47. The van der Waals surface area contributed by atoms with Crippen molar-refractivity contribution in [2.45, 2.75) is 39.2 Å². The summed E-state index contributed by atoms with van der Waals surface area (Å²) in [5, 5.41) is 12.9. The van der Waals surface area contributed by atoms with E-state index in [0.29, 0.717) is 0 Å². The van der Waals surface area contributed by atoms with Gasteiger partial charge < -0.3 is 9.63 Å². The largest absolute Gasteiger partial charge is 0.480 e. The fraction of sp³-hybridized carbons (Fsp3) is 0.667. The highest BCUT2D eigenvalue weighted by atomic mass is 16.5. The SMILES string of the molecule is CCc1noc(C)c1C1CCCN1CC(=O)O. The maximum absolute atomic E-state index is 10.8. The first-order valence-electron chi connectivity index (χ1n) is 6.04. The summed E-state index contributed by atoms with van der Waals surface area (Å²) in [6, 6.07) is 0.160. The van der Waals surface area contributed by atoms with Gasteiger partial charge in [-0.05, 0) is 32.7 Å². The number of carboxylic acids is 1. The lowest BCUT2D eigenvalue weighted by Crippen LogP contribution is -2.29. The number of likely N-dealkylation sites (tertiary alicyclic amines) is 1. The van der Waals surface area contributed by atoms with Crippen LogP contribution in [0, 0.1) is 6.92 Å². The molecule has 1 aromatic heterocycles. The summed E-state index contributed by atoms with van der Waals surface area (Å²) in [4.78, 5) is 12.8. The lowest BCUT2D eigenvalue weighted by atomic mass is 10.0. The van der Waals surface area contributed by atoms with E-state index < -0.39 is 5.97 Å². The molecule has 1 aliphatic heterocycles. The molecule has 2 heterocycles. The van der Waals surface area contributed by atoms with E-state index in [1.807, 2.05) is 18.7 Å². The molecule has 0 radical (unpaired) electrons. The summed E-state index contributed by atoms with van der Waals surface area (Å²) in [5.74, 6) is 0.0493. The van der Waals surface area contributed by atoms with Crippen molar-refractivity contribution < 1.29 is 14.4 Å². The number of carbonyl (C=O) groups is 1. The Bertz CT molecular complexity index is 414. The van der Waals surface area contributed by atoms with Gasteiger partial charge in [0.05, 0.1) is 12.2 Å². The Morgan fingerprint density at radius 1 is 1.65 bits per heavy atom. The summed E-state index contributed by atoms with van der Waals surface area (Å²) in [7, 11) is 0. The molecule has 17 heavy (non-hydrogen) atoms. The number of aryl methyl sites for hydroxylation is 2. The number of aromatic nitrogens is 1. The first-order valence-corrected chi connectivity index (χ1v) is 6.04. The van der Waals surface area contributed by atoms with Gasteiger partial charge in [0.1, 0.15) is 5.76 Å². The van der Waals surface area contributed by atoms with E-state index in [4.69, 9.17) is 9.63 Å². The third-order valence-electron chi connectivity index (χ3n) is 3.35. The Labute approximate surface area is 100 Å². The monoisotopic (exact) mass is 238 g/mol. The predicted molar refractivity (Wildman–Crippen MR) is 61.8 cm³/mol. The number of hydrogen-bond donors (Lipinski definition) is 1. The first kappa shape index (κ1) is 12.1. The zero-order valence-corrected chi connectivity index (χ0v) is 10.3. The molecule has 94 valence electrons. The number of nitrogens with zero attached hydrogens (tertiary/aromatic N) is 2. The van der Waals surface area contributed by atoms with Gasteiger partial charge in [0.25, 0.3) is 0 Å². The molecule has 0 aromatic carbocycles. The van der Waals surface area contributed by atoms with Gasteiger partial charge in [-0.1, -0.05) is 12.1 Å². The maximum atomic E-state index is 10.8. The molecule has 0 bridgehead atoms. The van der Waals surface area contributed by atoms with Crippen molar-refractivity contribution in [3.05, 3.63) is 17.0 Å². The predicted octanol–water partition coefficient (Wildman–Crippen LogP) is 1.77. The molecule has 1 unspecified atom stereocenters. The van der Waals surface area contributed by atoms with Crippen LogP contribution in [0.3, 0.4) is 0 Å². The molecule has 0 aliphatic carbocycles. The van der Waals surface area contributed by atoms with E-state index in [2.05, 4.69) is 5.16 Å². The van der Waals surface area contributed by atoms with Crippen LogP contribution in [-0.2, 0) is 11.2 Å². The third-order valence-corrected chi connectivity index (χ3v) is 3.35. The molecule has 0 saturated carbocycles. The van der Waals surface area contributed by atoms with Gasteiger partial charge in [0, 0.05) is 11.6 Å². The van der Waals surface area contributed by atoms with E-state index in [1.165, 1.54) is 0 Å². The Balaban J connectivity index is 2.25. The van der Waals surface area contributed by atoms with E-state index in [-0.39, 0.29) is 12.6 Å². The minimum absolute atomic E-state index is 0.0957. The van der Waals surface area contributed by atoms with Crippen LogP contribution in [0.1, 0.15) is 42.8 Å². The Hall–Kier alpha value is -1.36. The second kappa shape index (κ2) is 4.87. The van der Waals surface area contributed by atoms with Crippen LogP contribution in [0.4, 0.5) is 0 Å². The zero-order chi connectivity index (χ0) is 12.4. The molecule has 1 aromatic rings. The highest BCUT2D eigenvalue weighted by Gasteiger charge is 2.32. The smallest absolute Gasteiger partial charge is 0.317 e. The molecule has 5 heteroatoms. The molecule has 1 saturated heterocycles. The minimum Gasteiger partial charge on any atom is -0.480 e. The molecule has 1 aliphatic rings. The quantitative estimate of drug-likeness (QED) is 0.865. The fourth-order valence-corrected chi connectivity index (χ4v) is 2.62. The Morgan fingerprint density at radius 2 is 2.41 bits per heavy atom. The second-order valence-corrected chi connectivity index (χ2v) is 4.47. The summed E-state index contributed by atoms with van der Waals surface area (Å²) in [6.45, 7) is 4.87. The topological polar surface area (TPSA) is 66.6 Å². The number of hydrogen-bond acceptors (Lipinski definition) is 4. The molecule has 0 amide bonds. The highest BCUT2D eigenvalue weighted by molar-refractivity contribution is 5.69. The van der Waals surface area contributed by atoms with Crippen LogP contribution >= 0.6 is 0 Å². The molecule has 5 nitrogen and oxygen atoms in total. The third kappa shape index (κ3) is 2.34. The fourth-order valence-electron chi connectivity index (χ4n) is 2.62. The molecule has 0 spiro atoms. The van der Waals surface area contributed by atoms with Gasteiger partial charge in [-0.15, -0.1) is 0 Å². The minimum atomic E-state index is -0.774. The maximum Gasteiger partial charge on any atom is 0.317 e. The van der Waals surface area contributed by atoms with Crippen molar-refractivity contribution in [3.63, 3.8) is 0 Å². The number of carboxylic acid groups (broad SMARTS) is 1. The molecular weight excluding hydrogens is 220 g/mol. The first-order chi connectivity index (χ1) is 8.13. The van der Waals surface area contributed by atoms with Crippen LogP contribution in [0.25, 0.3) is 0 Å². The summed E-state index contributed by atoms with van der Waals surface area (Å²) >= 11 is 0. The van der Waals surface area contributed by atoms with Gasteiger partial charge in [-0.2, -0.15) is 0 Å². The van der Waals surface area contributed by atoms with E-state index in [1.54, 1.807) is 0 Å². The molecule has 1 N–H and O–H groups in total. The highest BCUT2D eigenvalue weighted by Crippen LogP contribution is 2.35. The van der Waals surface area contributed by atoms with Gasteiger partial charge in [-0.3, -0.25) is 9.69 Å². The van der Waals surface area contributed by atoms with Crippen LogP contribution < -0.4 is 0 Å². The van der Waals surface area contributed by atoms with E-state index in [9.17, 15) is 4.79 Å². The summed E-state index contributed by atoms with van der Waals surface area (Å²) in [5.41, 5.74) is 2.07. The zero-order valence-electron chi connectivity index (χ0n) is 10.3. The van der Waals surface area contributed by atoms with Gasteiger partial charge in [0.2, 0.25) is 0 Å². The van der Waals surface area contributed by atoms with Crippen LogP contribution in [0.2, 0.25) is 0 Å². The standard InChI is InChI=1S/C12H18N2O3/c1-3-9-12(8(2)17-13-9)10-5-4-6-14(10)7-11(15)16/h10H,3-7H2,1-2H3,(H,15,16). The molecular formula is C12H18N2O3. The lowest BCUT2D eigenvalue weighted by Gasteiger charge is -2.22. The number of rotatable bonds is 4. The van der Waals surface area contributed by atoms with Gasteiger partial charge in [-0.25, -0.2) is 0 Å². The normalized spacial score (nSPS) is 20.9. The Morgan fingerprint density at radius 3 is 3.06 bits per heavy atom. The van der Waals surface area contributed by atoms with Gasteiger partial charge >= 0.3 is 5.97 Å². The summed E-state index contributed by atoms with van der Waals surface area (Å²) < 4.78 is 5.23. The summed E-state index contributed by atoms with van der Waals surface area (Å²) in [6.07, 6.45) is 2.85. The molecule has 2 rings (SSSR count). The van der Waals surface area contributed by atoms with Crippen LogP contribution in [-0.4, -0.2) is 34.2 Å². The van der Waals surface area contributed by atoms with Crippen molar-refractivity contribution in [2.75, 3.05) is 13.1 Å². The van der Waals surface area contributed by atoms with Crippen molar-refractivity contribution in [2.24, 2.45) is 0 Å².